The third kappa shape index (κ3) is 2.78. The summed E-state index contributed by atoms with van der Waals surface area (Å²) in [5, 5.41) is 9.68. The molecule has 0 fully saturated rings. The van der Waals surface area contributed by atoms with Crippen LogP contribution in [0, 0.1) is 0 Å². The Morgan fingerprint density at radius 3 is 2.29 bits per heavy atom. The van der Waals surface area contributed by atoms with Crippen molar-refractivity contribution in [2.24, 2.45) is 0 Å². The molecule has 0 aliphatic rings. The summed E-state index contributed by atoms with van der Waals surface area (Å²) in [6, 6.07) is 17.1. The van der Waals surface area contributed by atoms with E-state index in [1.165, 1.54) is 0 Å². The van der Waals surface area contributed by atoms with E-state index in [0.717, 1.165) is 12.0 Å². The minimum absolute atomic E-state index is 0.0236. The lowest BCUT2D eigenvalue weighted by molar-refractivity contribution is 0.193. The van der Waals surface area contributed by atoms with Crippen LogP contribution < -0.4 is 4.74 Å². The van der Waals surface area contributed by atoms with Gasteiger partial charge in [-0.15, -0.1) is 0 Å². The molecule has 1 unspecified atom stereocenters. The average Bonchev–Trinajstić information content (AvgIpc) is 2.39. The Bertz CT molecular complexity index is 465. The Morgan fingerprint density at radius 1 is 1.00 bits per heavy atom. The Balaban J connectivity index is 2.19. The van der Waals surface area contributed by atoms with Crippen molar-refractivity contribution in [2.45, 2.75) is 19.4 Å². The molecule has 2 aromatic carbocycles. The highest BCUT2D eigenvalue weighted by atomic mass is 16.5. The van der Waals surface area contributed by atoms with E-state index in [-0.39, 0.29) is 11.9 Å². The van der Waals surface area contributed by atoms with Crippen LogP contribution in [0.2, 0.25) is 0 Å². The van der Waals surface area contributed by atoms with Crippen LogP contribution in [0.5, 0.6) is 11.5 Å². The normalized spacial score (nSPS) is 12.1. The number of para-hydroxylation sites is 2. The van der Waals surface area contributed by atoms with Crippen LogP contribution in [0.15, 0.2) is 54.6 Å². The second-order valence-corrected chi connectivity index (χ2v) is 3.89. The highest BCUT2D eigenvalue weighted by Gasteiger charge is 2.12. The van der Waals surface area contributed by atoms with Crippen molar-refractivity contribution in [1.29, 1.82) is 0 Å². The molecular formula is C15H16O2. The summed E-state index contributed by atoms with van der Waals surface area (Å²) >= 11 is 0. The van der Waals surface area contributed by atoms with Gasteiger partial charge < -0.3 is 9.84 Å². The number of phenolic OH excluding ortho intramolecular Hbond substituents is 1. The van der Waals surface area contributed by atoms with E-state index in [0.29, 0.717) is 5.75 Å². The molecule has 0 heterocycles. The number of rotatable bonds is 4. The molecule has 0 saturated carbocycles. The summed E-state index contributed by atoms with van der Waals surface area (Å²) < 4.78 is 5.83. The summed E-state index contributed by atoms with van der Waals surface area (Å²) in [7, 11) is 0. The highest BCUT2D eigenvalue weighted by Crippen LogP contribution is 2.30. The quantitative estimate of drug-likeness (QED) is 0.859. The van der Waals surface area contributed by atoms with Crippen LogP contribution in [0.25, 0.3) is 0 Å². The molecule has 0 saturated heterocycles. The Kier molecular flexibility index (Phi) is 3.66. The third-order valence-corrected chi connectivity index (χ3v) is 2.68. The average molecular weight is 228 g/mol. The molecule has 0 aliphatic heterocycles. The number of hydrogen-bond donors (Lipinski definition) is 1. The van der Waals surface area contributed by atoms with Gasteiger partial charge in [0, 0.05) is 0 Å². The third-order valence-electron chi connectivity index (χ3n) is 2.68. The lowest BCUT2D eigenvalue weighted by atomic mass is 10.1. The molecule has 0 radical (unpaired) electrons. The summed E-state index contributed by atoms with van der Waals surface area (Å²) in [5.41, 5.74) is 1.12. The minimum Gasteiger partial charge on any atom is -0.504 e. The van der Waals surface area contributed by atoms with Gasteiger partial charge in [0.2, 0.25) is 0 Å². The SMILES string of the molecule is CCC(Oc1ccccc1O)c1ccccc1. The predicted octanol–water partition coefficient (Wildman–Crippen LogP) is 3.92. The van der Waals surface area contributed by atoms with Crippen LogP contribution in [-0.4, -0.2) is 5.11 Å². The Labute approximate surface area is 101 Å². The predicted molar refractivity (Wildman–Crippen MR) is 68.2 cm³/mol. The fourth-order valence-electron chi connectivity index (χ4n) is 1.76. The summed E-state index contributed by atoms with van der Waals surface area (Å²) in [5.74, 6) is 0.713. The molecule has 17 heavy (non-hydrogen) atoms. The maximum atomic E-state index is 9.68. The monoisotopic (exact) mass is 228 g/mol. The molecular weight excluding hydrogens is 212 g/mol. The van der Waals surface area contributed by atoms with Gasteiger partial charge in [0.1, 0.15) is 6.10 Å². The maximum absolute atomic E-state index is 9.68. The second kappa shape index (κ2) is 5.39. The summed E-state index contributed by atoms with van der Waals surface area (Å²) in [6.45, 7) is 2.07. The summed E-state index contributed by atoms with van der Waals surface area (Å²) in [4.78, 5) is 0. The van der Waals surface area contributed by atoms with Gasteiger partial charge in [0.25, 0.3) is 0 Å². The van der Waals surface area contributed by atoms with E-state index < -0.39 is 0 Å². The van der Waals surface area contributed by atoms with Crippen molar-refractivity contribution in [3.05, 3.63) is 60.2 Å². The van der Waals surface area contributed by atoms with Gasteiger partial charge in [0.15, 0.2) is 11.5 Å². The lowest BCUT2D eigenvalue weighted by Gasteiger charge is -2.18. The number of hydrogen-bond acceptors (Lipinski definition) is 2. The van der Waals surface area contributed by atoms with Crippen molar-refractivity contribution in [2.75, 3.05) is 0 Å². The largest absolute Gasteiger partial charge is 0.504 e. The van der Waals surface area contributed by atoms with Gasteiger partial charge in [-0.3, -0.25) is 0 Å². The van der Waals surface area contributed by atoms with Gasteiger partial charge in [-0.05, 0) is 24.1 Å². The Morgan fingerprint density at radius 2 is 1.65 bits per heavy atom. The fourth-order valence-corrected chi connectivity index (χ4v) is 1.76. The molecule has 1 atom stereocenters. The zero-order valence-corrected chi connectivity index (χ0v) is 9.84. The number of aromatic hydroxyl groups is 1. The molecule has 2 rings (SSSR count). The van der Waals surface area contributed by atoms with Gasteiger partial charge in [-0.2, -0.15) is 0 Å². The van der Waals surface area contributed by atoms with Crippen molar-refractivity contribution < 1.29 is 9.84 Å². The molecule has 88 valence electrons. The van der Waals surface area contributed by atoms with Gasteiger partial charge in [0.05, 0.1) is 0 Å². The van der Waals surface area contributed by atoms with Crippen LogP contribution in [0.4, 0.5) is 0 Å². The maximum Gasteiger partial charge on any atom is 0.161 e. The molecule has 0 spiro atoms. The highest BCUT2D eigenvalue weighted by molar-refractivity contribution is 5.38. The van der Waals surface area contributed by atoms with Crippen molar-refractivity contribution in [1.82, 2.24) is 0 Å². The molecule has 0 amide bonds. The van der Waals surface area contributed by atoms with Gasteiger partial charge >= 0.3 is 0 Å². The first-order chi connectivity index (χ1) is 8.31. The molecule has 2 nitrogen and oxygen atoms in total. The number of phenols is 1. The van der Waals surface area contributed by atoms with Gasteiger partial charge in [-0.1, -0.05) is 49.4 Å². The fraction of sp³-hybridized carbons (Fsp3) is 0.200. The summed E-state index contributed by atoms with van der Waals surface area (Å²) in [6.07, 6.45) is 0.836. The van der Waals surface area contributed by atoms with E-state index in [1.807, 2.05) is 36.4 Å². The van der Waals surface area contributed by atoms with Crippen LogP contribution >= 0.6 is 0 Å². The number of ether oxygens (including phenoxy) is 1. The zero-order valence-electron chi connectivity index (χ0n) is 9.84. The van der Waals surface area contributed by atoms with Crippen molar-refractivity contribution in [3.63, 3.8) is 0 Å². The minimum atomic E-state index is -0.0236. The van der Waals surface area contributed by atoms with E-state index in [1.54, 1.807) is 18.2 Å². The van der Waals surface area contributed by atoms with Crippen LogP contribution in [-0.2, 0) is 0 Å². The first kappa shape index (κ1) is 11.5. The Hall–Kier alpha value is -1.96. The van der Waals surface area contributed by atoms with E-state index in [2.05, 4.69) is 6.92 Å². The molecule has 1 N–H and O–H groups in total. The number of benzene rings is 2. The second-order valence-electron chi connectivity index (χ2n) is 3.89. The molecule has 0 aliphatic carbocycles. The van der Waals surface area contributed by atoms with Crippen LogP contribution in [0.3, 0.4) is 0 Å². The molecule has 2 heteroatoms. The molecule has 0 bridgehead atoms. The first-order valence-electron chi connectivity index (χ1n) is 5.81. The van der Waals surface area contributed by atoms with E-state index in [4.69, 9.17) is 4.74 Å². The van der Waals surface area contributed by atoms with E-state index >= 15 is 0 Å². The molecule has 2 aromatic rings. The van der Waals surface area contributed by atoms with Crippen molar-refractivity contribution >= 4 is 0 Å². The lowest BCUT2D eigenvalue weighted by Crippen LogP contribution is -2.06. The van der Waals surface area contributed by atoms with Crippen LogP contribution in [0.1, 0.15) is 25.0 Å². The standard InChI is InChI=1S/C15H16O2/c1-2-14(12-8-4-3-5-9-12)17-15-11-7-6-10-13(15)16/h3-11,14,16H,2H2,1H3. The van der Waals surface area contributed by atoms with E-state index in [9.17, 15) is 5.11 Å². The first-order valence-corrected chi connectivity index (χ1v) is 5.81. The van der Waals surface area contributed by atoms with Crippen molar-refractivity contribution in [3.8, 4) is 11.5 Å². The van der Waals surface area contributed by atoms with Gasteiger partial charge in [-0.25, -0.2) is 0 Å². The zero-order chi connectivity index (χ0) is 12.1. The topological polar surface area (TPSA) is 29.5 Å². The molecule has 0 aromatic heterocycles. The smallest absolute Gasteiger partial charge is 0.161 e.